The molecule has 1 fully saturated rings. The van der Waals surface area contributed by atoms with Gasteiger partial charge in [0.2, 0.25) is 0 Å². The molecule has 1 aliphatic rings. The second kappa shape index (κ2) is 7.49. The molecule has 0 unspecified atom stereocenters. The van der Waals surface area contributed by atoms with E-state index in [-0.39, 0.29) is 0 Å². The van der Waals surface area contributed by atoms with Crippen LogP contribution in [0.25, 0.3) is 22.8 Å². The lowest BCUT2D eigenvalue weighted by atomic mass is 10.2. The number of methoxy groups -OCH3 is 1. The summed E-state index contributed by atoms with van der Waals surface area (Å²) in [5.41, 5.74) is 2.64. The van der Waals surface area contributed by atoms with Crippen molar-refractivity contribution in [2.24, 2.45) is 0 Å². The zero-order valence-corrected chi connectivity index (χ0v) is 14.7. The number of aromatic nitrogens is 3. The molecule has 0 spiro atoms. The average Bonchev–Trinajstić information content (AvgIpc) is 2.75. The SMILES string of the molecule is COc1ccc(-c2nc(-c3ccccn3)cc(N3CCNCC3)n2)cc1. The van der Waals surface area contributed by atoms with Crippen LogP contribution in [0.5, 0.6) is 5.75 Å². The summed E-state index contributed by atoms with van der Waals surface area (Å²) in [6.07, 6.45) is 1.79. The van der Waals surface area contributed by atoms with Crippen LogP contribution in [0.15, 0.2) is 54.7 Å². The number of hydrogen-bond acceptors (Lipinski definition) is 6. The maximum atomic E-state index is 5.25. The maximum Gasteiger partial charge on any atom is 0.162 e. The lowest BCUT2D eigenvalue weighted by Crippen LogP contribution is -2.44. The highest BCUT2D eigenvalue weighted by atomic mass is 16.5. The highest BCUT2D eigenvalue weighted by Gasteiger charge is 2.16. The van der Waals surface area contributed by atoms with E-state index in [1.165, 1.54) is 0 Å². The molecule has 132 valence electrons. The number of pyridine rings is 1. The van der Waals surface area contributed by atoms with E-state index in [9.17, 15) is 0 Å². The van der Waals surface area contributed by atoms with Gasteiger partial charge in [-0.1, -0.05) is 6.07 Å². The van der Waals surface area contributed by atoms with E-state index in [2.05, 4.69) is 15.2 Å². The minimum Gasteiger partial charge on any atom is -0.497 e. The quantitative estimate of drug-likeness (QED) is 0.783. The van der Waals surface area contributed by atoms with Crippen LogP contribution < -0.4 is 15.0 Å². The van der Waals surface area contributed by atoms with Crippen LogP contribution in [0.2, 0.25) is 0 Å². The molecule has 1 N–H and O–H groups in total. The van der Waals surface area contributed by atoms with Gasteiger partial charge in [-0.3, -0.25) is 4.98 Å². The molecule has 0 atom stereocenters. The van der Waals surface area contributed by atoms with Crippen molar-refractivity contribution in [3.8, 4) is 28.5 Å². The number of piperazine rings is 1. The van der Waals surface area contributed by atoms with E-state index >= 15 is 0 Å². The molecule has 26 heavy (non-hydrogen) atoms. The monoisotopic (exact) mass is 347 g/mol. The number of anilines is 1. The van der Waals surface area contributed by atoms with Gasteiger partial charge in [0.25, 0.3) is 0 Å². The molecule has 0 bridgehead atoms. The summed E-state index contributed by atoms with van der Waals surface area (Å²) < 4.78 is 5.25. The van der Waals surface area contributed by atoms with Crippen molar-refractivity contribution in [3.63, 3.8) is 0 Å². The second-order valence-electron chi connectivity index (χ2n) is 6.12. The van der Waals surface area contributed by atoms with Crippen LogP contribution in [-0.4, -0.2) is 48.2 Å². The van der Waals surface area contributed by atoms with Crippen molar-refractivity contribution in [2.45, 2.75) is 0 Å². The summed E-state index contributed by atoms with van der Waals surface area (Å²) in [6, 6.07) is 15.7. The van der Waals surface area contributed by atoms with Crippen LogP contribution in [0.4, 0.5) is 5.82 Å². The molecule has 6 nitrogen and oxygen atoms in total. The third kappa shape index (κ3) is 3.50. The van der Waals surface area contributed by atoms with Gasteiger partial charge in [0.05, 0.1) is 18.5 Å². The van der Waals surface area contributed by atoms with E-state index in [1.807, 2.05) is 48.5 Å². The number of rotatable bonds is 4. The minimum atomic E-state index is 0.698. The van der Waals surface area contributed by atoms with E-state index in [4.69, 9.17) is 14.7 Å². The molecule has 1 aliphatic heterocycles. The third-order valence-electron chi connectivity index (χ3n) is 4.43. The largest absolute Gasteiger partial charge is 0.497 e. The van der Waals surface area contributed by atoms with Crippen molar-refractivity contribution >= 4 is 5.82 Å². The van der Waals surface area contributed by atoms with Crippen molar-refractivity contribution in [1.82, 2.24) is 20.3 Å². The number of nitrogens with one attached hydrogen (secondary N) is 1. The Kier molecular flexibility index (Phi) is 4.75. The molecule has 4 rings (SSSR count). The zero-order chi connectivity index (χ0) is 17.8. The summed E-state index contributed by atoms with van der Waals surface area (Å²) in [6.45, 7) is 3.78. The lowest BCUT2D eigenvalue weighted by Gasteiger charge is -2.28. The van der Waals surface area contributed by atoms with Gasteiger partial charge < -0.3 is 15.0 Å². The summed E-state index contributed by atoms with van der Waals surface area (Å²) in [4.78, 5) is 16.3. The van der Waals surface area contributed by atoms with Crippen molar-refractivity contribution in [1.29, 1.82) is 0 Å². The Morgan fingerprint density at radius 2 is 1.77 bits per heavy atom. The molecule has 0 amide bonds. The number of benzene rings is 1. The first kappa shape index (κ1) is 16.5. The maximum absolute atomic E-state index is 5.25. The first-order valence-corrected chi connectivity index (χ1v) is 8.74. The molecule has 6 heteroatoms. The van der Waals surface area contributed by atoms with Gasteiger partial charge in [-0.25, -0.2) is 9.97 Å². The normalized spacial score (nSPS) is 14.3. The summed E-state index contributed by atoms with van der Waals surface area (Å²) >= 11 is 0. The molecule has 2 aromatic heterocycles. The first-order chi connectivity index (χ1) is 12.8. The van der Waals surface area contributed by atoms with Gasteiger partial charge >= 0.3 is 0 Å². The Morgan fingerprint density at radius 3 is 2.46 bits per heavy atom. The van der Waals surface area contributed by atoms with Crippen molar-refractivity contribution < 1.29 is 4.74 Å². The molecule has 0 aliphatic carbocycles. The van der Waals surface area contributed by atoms with Crippen LogP contribution >= 0.6 is 0 Å². The van der Waals surface area contributed by atoms with Crippen LogP contribution in [0, 0.1) is 0 Å². The van der Waals surface area contributed by atoms with Crippen LogP contribution in [0.3, 0.4) is 0 Å². The minimum absolute atomic E-state index is 0.698. The van der Waals surface area contributed by atoms with Gasteiger partial charge in [-0.15, -0.1) is 0 Å². The Bertz CT molecular complexity index is 861. The standard InChI is InChI=1S/C20H21N5O/c1-26-16-7-5-15(6-8-16)20-23-18(17-4-2-3-9-22-17)14-19(24-20)25-12-10-21-11-13-25/h2-9,14,21H,10-13H2,1H3. The van der Waals surface area contributed by atoms with E-state index in [0.717, 1.165) is 54.7 Å². The van der Waals surface area contributed by atoms with Crippen LogP contribution in [-0.2, 0) is 0 Å². The molecule has 3 heterocycles. The van der Waals surface area contributed by atoms with Gasteiger partial charge in [0.1, 0.15) is 11.6 Å². The molecular weight excluding hydrogens is 326 g/mol. The Labute approximate surface area is 152 Å². The Balaban J connectivity index is 1.78. The van der Waals surface area contributed by atoms with Crippen LogP contribution in [0.1, 0.15) is 0 Å². The Hall–Kier alpha value is -2.99. The van der Waals surface area contributed by atoms with E-state index < -0.39 is 0 Å². The molecular formula is C20H21N5O. The van der Waals surface area contributed by atoms with Gasteiger partial charge in [-0.2, -0.15) is 0 Å². The fourth-order valence-electron chi connectivity index (χ4n) is 3.01. The molecule has 1 saturated heterocycles. The average molecular weight is 347 g/mol. The van der Waals surface area contributed by atoms with Gasteiger partial charge in [-0.05, 0) is 36.4 Å². The summed E-state index contributed by atoms with van der Waals surface area (Å²) in [7, 11) is 1.66. The summed E-state index contributed by atoms with van der Waals surface area (Å²) in [5.74, 6) is 2.45. The lowest BCUT2D eigenvalue weighted by molar-refractivity contribution is 0.415. The zero-order valence-electron chi connectivity index (χ0n) is 14.7. The second-order valence-corrected chi connectivity index (χ2v) is 6.12. The fourth-order valence-corrected chi connectivity index (χ4v) is 3.01. The Morgan fingerprint density at radius 1 is 0.962 bits per heavy atom. The first-order valence-electron chi connectivity index (χ1n) is 8.74. The highest BCUT2D eigenvalue weighted by Crippen LogP contribution is 2.26. The molecule has 1 aromatic carbocycles. The van der Waals surface area contributed by atoms with E-state index in [0.29, 0.717) is 5.82 Å². The van der Waals surface area contributed by atoms with Gasteiger partial charge in [0, 0.05) is 44.0 Å². The molecule has 0 radical (unpaired) electrons. The molecule has 3 aromatic rings. The fraction of sp³-hybridized carbons (Fsp3) is 0.250. The third-order valence-corrected chi connectivity index (χ3v) is 4.43. The van der Waals surface area contributed by atoms with Crippen molar-refractivity contribution in [3.05, 3.63) is 54.7 Å². The summed E-state index contributed by atoms with van der Waals surface area (Å²) in [5, 5.41) is 3.38. The number of hydrogen-bond donors (Lipinski definition) is 1. The van der Waals surface area contributed by atoms with E-state index in [1.54, 1.807) is 13.3 Å². The predicted molar refractivity (Wildman–Crippen MR) is 102 cm³/mol. The number of ether oxygens (including phenoxy) is 1. The van der Waals surface area contributed by atoms with Crippen molar-refractivity contribution in [2.75, 3.05) is 38.2 Å². The number of nitrogens with zero attached hydrogens (tertiary/aromatic N) is 4. The highest BCUT2D eigenvalue weighted by molar-refractivity contribution is 5.66. The topological polar surface area (TPSA) is 63.2 Å². The predicted octanol–water partition coefficient (Wildman–Crippen LogP) is 2.62. The van der Waals surface area contributed by atoms with Gasteiger partial charge in [0.15, 0.2) is 5.82 Å². The smallest absolute Gasteiger partial charge is 0.162 e. The molecule has 0 saturated carbocycles.